The number of unbranched alkanes of at least 4 members (excludes halogenated alkanes) is 1. The van der Waals surface area contributed by atoms with E-state index in [4.69, 9.17) is 0 Å². The van der Waals surface area contributed by atoms with Crippen molar-refractivity contribution < 1.29 is 9.85 Å². The minimum absolute atomic E-state index is 0.00310. The largest absolute Gasteiger partial charge is 0.265 e. The average molecular weight is 456 g/mol. The van der Waals surface area contributed by atoms with E-state index < -0.39 is 0 Å². The summed E-state index contributed by atoms with van der Waals surface area (Å²) in [5.41, 5.74) is 0. The maximum absolute atomic E-state index is 10.2. The minimum Gasteiger partial charge on any atom is -0.265 e. The predicted octanol–water partition coefficient (Wildman–Crippen LogP) is 2.71. The van der Waals surface area contributed by atoms with Crippen LogP contribution in [0.4, 0.5) is 0 Å². The third kappa shape index (κ3) is 10.8. The first kappa shape index (κ1) is 16.3. The lowest BCUT2D eigenvalue weighted by Gasteiger charge is -2.06. The molecule has 0 heterocycles. The number of nitro groups is 2. The van der Waals surface area contributed by atoms with Gasteiger partial charge in [-0.25, -0.2) is 0 Å². The maximum atomic E-state index is 10.2. The SMILES string of the molecule is O=[N+]([O-])CC(I)CCCCC(I)C[N+](=O)[O-]. The van der Waals surface area contributed by atoms with Crippen LogP contribution in [0.25, 0.3) is 0 Å². The van der Waals surface area contributed by atoms with Gasteiger partial charge in [-0.2, -0.15) is 0 Å². The van der Waals surface area contributed by atoms with Crippen LogP contribution in [0.15, 0.2) is 0 Å². The molecule has 0 radical (unpaired) electrons. The van der Waals surface area contributed by atoms with E-state index in [2.05, 4.69) is 45.2 Å². The van der Waals surface area contributed by atoms with Gasteiger partial charge in [-0.3, -0.25) is 20.2 Å². The lowest BCUT2D eigenvalue weighted by Crippen LogP contribution is -2.15. The van der Waals surface area contributed by atoms with Gasteiger partial charge in [0.25, 0.3) is 0 Å². The molecule has 0 aromatic carbocycles. The Bertz CT molecular complexity index is 216. The smallest absolute Gasteiger partial charge is 0.215 e. The fraction of sp³-hybridized carbons (Fsp3) is 1.00. The fourth-order valence-corrected chi connectivity index (χ4v) is 2.76. The average Bonchev–Trinajstić information content (AvgIpc) is 2.10. The van der Waals surface area contributed by atoms with Crippen molar-refractivity contribution in [3.63, 3.8) is 0 Å². The van der Waals surface area contributed by atoms with Gasteiger partial charge < -0.3 is 0 Å². The topological polar surface area (TPSA) is 86.3 Å². The van der Waals surface area contributed by atoms with Crippen LogP contribution in [0.5, 0.6) is 0 Å². The molecule has 8 heteroatoms. The zero-order valence-electron chi connectivity index (χ0n) is 8.68. The number of rotatable bonds is 9. The van der Waals surface area contributed by atoms with Crippen molar-refractivity contribution in [1.29, 1.82) is 0 Å². The van der Waals surface area contributed by atoms with Crippen LogP contribution < -0.4 is 0 Å². The monoisotopic (exact) mass is 456 g/mol. The van der Waals surface area contributed by atoms with Crippen molar-refractivity contribution in [2.45, 2.75) is 33.5 Å². The highest BCUT2D eigenvalue weighted by Crippen LogP contribution is 2.15. The summed E-state index contributed by atoms with van der Waals surface area (Å²) in [6.45, 7) is 0.00619. The van der Waals surface area contributed by atoms with Gasteiger partial charge in [-0.1, -0.05) is 58.0 Å². The molecule has 94 valence electrons. The molecule has 0 aliphatic rings. The Morgan fingerprint density at radius 3 is 1.44 bits per heavy atom. The summed E-state index contributed by atoms with van der Waals surface area (Å²) < 4.78 is 0.131. The summed E-state index contributed by atoms with van der Waals surface area (Å²) in [4.78, 5) is 19.8. The summed E-state index contributed by atoms with van der Waals surface area (Å²) in [6.07, 6.45) is 3.42. The Kier molecular flexibility index (Phi) is 9.46. The predicted molar refractivity (Wildman–Crippen MR) is 77.8 cm³/mol. The number of alkyl halides is 2. The molecule has 0 aliphatic heterocycles. The van der Waals surface area contributed by atoms with Gasteiger partial charge in [0.2, 0.25) is 13.1 Å². The molecule has 0 N–H and O–H groups in total. The molecule has 0 amide bonds. The highest BCUT2D eigenvalue weighted by Gasteiger charge is 2.13. The molecule has 0 saturated heterocycles. The van der Waals surface area contributed by atoms with Crippen molar-refractivity contribution >= 4 is 45.2 Å². The van der Waals surface area contributed by atoms with E-state index in [1.165, 1.54) is 0 Å². The molecule has 0 spiro atoms. The van der Waals surface area contributed by atoms with E-state index in [1.54, 1.807) is 0 Å². The Hall–Kier alpha value is 0.260. The highest BCUT2D eigenvalue weighted by molar-refractivity contribution is 14.1. The van der Waals surface area contributed by atoms with Gasteiger partial charge in [-0.05, 0) is 12.8 Å². The molecule has 0 bridgehead atoms. The van der Waals surface area contributed by atoms with Crippen molar-refractivity contribution in [3.05, 3.63) is 20.2 Å². The van der Waals surface area contributed by atoms with E-state index >= 15 is 0 Å². The van der Waals surface area contributed by atoms with Crippen LogP contribution in [-0.2, 0) is 0 Å². The van der Waals surface area contributed by atoms with Crippen LogP contribution in [0, 0.1) is 20.2 Å². The van der Waals surface area contributed by atoms with Gasteiger partial charge in [0.1, 0.15) is 0 Å². The van der Waals surface area contributed by atoms with Gasteiger partial charge in [0.05, 0.1) is 7.85 Å². The standard InChI is InChI=1S/C8H14I2N2O4/c9-7(5-11(13)14)3-1-2-4-8(10)6-12(15)16/h7-8H,1-6H2. The second-order valence-corrected chi connectivity index (χ2v) is 7.03. The highest BCUT2D eigenvalue weighted by atomic mass is 127. The maximum Gasteiger partial charge on any atom is 0.215 e. The Morgan fingerprint density at radius 2 is 1.19 bits per heavy atom. The first-order chi connectivity index (χ1) is 7.41. The minimum atomic E-state index is -0.301. The zero-order chi connectivity index (χ0) is 12.6. The first-order valence-corrected chi connectivity index (χ1v) is 7.42. The van der Waals surface area contributed by atoms with Crippen molar-refractivity contribution in [2.24, 2.45) is 0 Å². The second-order valence-electron chi connectivity index (χ2n) is 3.51. The van der Waals surface area contributed by atoms with Crippen LogP contribution in [-0.4, -0.2) is 30.8 Å². The molecule has 2 unspecified atom stereocenters. The third-order valence-corrected chi connectivity index (χ3v) is 4.01. The molecule has 0 aliphatic carbocycles. The van der Waals surface area contributed by atoms with Crippen molar-refractivity contribution in [3.8, 4) is 0 Å². The lowest BCUT2D eigenvalue weighted by atomic mass is 10.1. The summed E-state index contributed by atoms with van der Waals surface area (Å²) >= 11 is 4.16. The van der Waals surface area contributed by atoms with E-state index in [-0.39, 0.29) is 30.8 Å². The fourth-order valence-electron chi connectivity index (χ4n) is 1.24. The van der Waals surface area contributed by atoms with Gasteiger partial charge in [0, 0.05) is 9.85 Å². The van der Waals surface area contributed by atoms with Crippen LogP contribution in [0.1, 0.15) is 25.7 Å². The van der Waals surface area contributed by atoms with Crippen molar-refractivity contribution in [2.75, 3.05) is 13.1 Å². The number of hydrogen-bond acceptors (Lipinski definition) is 4. The van der Waals surface area contributed by atoms with E-state index in [9.17, 15) is 20.2 Å². The van der Waals surface area contributed by atoms with Crippen molar-refractivity contribution in [1.82, 2.24) is 0 Å². The van der Waals surface area contributed by atoms with E-state index in [1.807, 2.05) is 0 Å². The molecule has 0 aromatic rings. The van der Waals surface area contributed by atoms with Gasteiger partial charge >= 0.3 is 0 Å². The van der Waals surface area contributed by atoms with Crippen LogP contribution in [0.2, 0.25) is 0 Å². The van der Waals surface area contributed by atoms with Gasteiger partial charge in [0.15, 0.2) is 0 Å². The van der Waals surface area contributed by atoms with Crippen LogP contribution in [0.3, 0.4) is 0 Å². The molecule has 0 fully saturated rings. The quantitative estimate of drug-likeness (QED) is 0.176. The second kappa shape index (κ2) is 9.31. The summed E-state index contributed by atoms with van der Waals surface area (Å²) in [7, 11) is 0. The number of hydrogen-bond donors (Lipinski definition) is 0. The molecule has 16 heavy (non-hydrogen) atoms. The summed E-state index contributed by atoms with van der Waals surface area (Å²) in [6, 6.07) is 0. The Balaban J connectivity index is 3.45. The molecule has 0 saturated carbocycles. The summed E-state index contributed by atoms with van der Waals surface area (Å²) in [5.74, 6) is 0. The van der Waals surface area contributed by atoms with Crippen LogP contribution >= 0.6 is 45.2 Å². The summed E-state index contributed by atoms with van der Waals surface area (Å²) in [5, 5.41) is 20.4. The zero-order valence-corrected chi connectivity index (χ0v) is 13.0. The lowest BCUT2D eigenvalue weighted by molar-refractivity contribution is -0.478. The Labute approximate surface area is 121 Å². The van der Waals surface area contributed by atoms with E-state index in [0.717, 1.165) is 25.7 Å². The van der Waals surface area contributed by atoms with E-state index in [0.29, 0.717) is 0 Å². The molecule has 0 aromatic heterocycles. The number of nitrogens with zero attached hydrogens (tertiary/aromatic N) is 2. The molecule has 6 nitrogen and oxygen atoms in total. The molecule has 2 atom stereocenters. The first-order valence-electron chi connectivity index (χ1n) is 4.93. The molecule has 0 rings (SSSR count). The number of halogens is 2. The molecular formula is C8H14I2N2O4. The van der Waals surface area contributed by atoms with Gasteiger partial charge in [-0.15, -0.1) is 0 Å². The molecular weight excluding hydrogens is 442 g/mol. The Morgan fingerprint density at radius 1 is 0.875 bits per heavy atom. The normalized spacial score (nSPS) is 14.4. The third-order valence-electron chi connectivity index (χ3n) is 1.98.